The van der Waals surface area contributed by atoms with Crippen molar-refractivity contribution in [2.45, 2.75) is 67.2 Å². The number of methoxy groups -OCH3 is 1. The Kier molecular flexibility index (Phi) is 12.4. The van der Waals surface area contributed by atoms with Crippen LogP contribution in [0.25, 0.3) is 0 Å². The Balaban J connectivity index is 1.56. The number of unbranched alkanes of at least 4 members (excludes halogenated alkanes) is 2. The molecule has 1 aromatic carbocycles. The van der Waals surface area contributed by atoms with Crippen LogP contribution in [0.5, 0.6) is 5.75 Å². The van der Waals surface area contributed by atoms with Gasteiger partial charge in [-0.3, -0.25) is 4.79 Å². The number of carbonyl (C=O) groups is 2. The number of alkyl halides is 5. The van der Waals surface area contributed by atoms with Crippen LogP contribution in [-0.2, 0) is 19.1 Å². The van der Waals surface area contributed by atoms with Crippen molar-refractivity contribution < 1.29 is 42.1 Å². The van der Waals surface area contributed by atoms with Gasteiger partial charge in [0.15, 0.2) is 10.9 Å². The van der Waals surface area contributed by atoms with Crippen LogP contribution in [0.15, 0.2) is 65.9 Å². The van der Waals surface area contributed by atoms with Crippen LogP contribution in [0.1, 0.15) is 39.0 Å². The van der Waals surface area contributed by atoms with Crippen molar-refractivity contribution in [3.05, 3.63) is 65.9 Å². The van der Waals surface area contributed by atoms with Gasteiger partial charge in [-0.05, 0) is 50.9 Å². The van der Waals surface area contributed by atoms with E-state index in [1.54, 1.807) is 24.3 Å². The first-order chi connectivity index (χ1) is 20.3. The summed E-state index contributed by atoms with van der Waals surface area (Å²) in [7, 11) is 0.932. The van der Waals surface area contributed by atoms with Crippen LogP contribution in [0.3, 0.4) is 0 Å². The molecule has 1 aromatic rings. The van der Waals surface area contributed by atoms with Crippen LogP contribution in [-0.4, -0.2) is 83.6 Å². The van der Waals surface area contributed by atoms with E-state index in [2.05, 4.69) is 10.1 Å². The molecule has 0 fully saturated rings. The SMILES string of the molecule is COC(=O)C1(Cl)CC(C(=O)OCCCCCNCC(O)COc2ccccc2)=C(C)N(C2(Cl)C=CC=CC2)C1C(F)(F)F. The number of para-hydroxylation sites is 1. The number of benzene rings is 1. The summed E-state index contributed by atoms with van der Waals surface area (Å²) < 4.78 is 59.2. The molecule has 3 rings (SSSR count). The summed E-state index contributed by atoms with van der Waals surface area (Å²) in [6, 6.07) is 6.60. The fourth-order valence-corrected chi connectivity index (χ4v) is 5.90. The van der Waals surface area contributed by atoms with Gasteiger partial charge in [-0.25, -0.2) is 4.79 Å². The predicted molar refractivity (Wildman–Crippen MR) is 157 cm³/mol. The molecule has 13 heteroatoms. The monoisotopic (exact) mass is 648 g/mol. The average Bonchev–Trinajstić information content (AvgIpc) is 2.97. The molecule has 0 spiro atoms. The molecule has 1 aliphatic heterocycles. The fraction of sp³-hybridized carbons (Fsp3) is 0.533. The highest BCUT2D eigenvalue weighted by molar-refractivity contribution is 6.35. The van der Waals surface area contributed by atoms with E-state index in [-0.39, 0.29) is 30.9 Å². The molecule has 0 saturated carbocycles. The van der Waals surface area contributed by atoms with Gasteiger partial charge >= 0.3 is 18.1 Å². The minimum Gasteiger partial charge on any atom is -0.491 e. The van der Waals surface area contributed by atoms with Gasteiger partial charge in [0.1, 0.15) is 23.5 Å². The van der Waals surface area contributed by atoms with Crippen molar-refractivity contribution in [2.24, 2.45) is 0 Å². The van der Waals surface area contributed by atoms with E-state index in [1.807, 2.05) is 18.2 Å². The molecule has 43 heavy (non-hydrogen) atoms. The van der Waals surface area contributed by atoms with Crippen molar-refractivity contribution >= 4 is 35.1 Å². The van der Waals surface area contributed by atoms with Gasteiger partial charge in [-0.2, -0.15) is 13.2 Å². The molecule has 4 unspecified atom stereocenters. The molecule has 0 bridgehead atoms. The standard InChI is InChI=1S/C30H37Cl2F3N2O6/c1-21-24(25(39)42-17-11-5-10-16-36-19-22(38)20-43-23-12-6-3-7-13-23)18-29(32,27(40)41-2)26(30(33,34)35)37(21)28(31)14-8-4-9-15-28/h3-4,6-9,12-14,22,26,36,38H,5,10-11,15-20H2,1-2H3. The largest absolute Gasteiger partial charge is 0.491 e. The van der Waals surface area contributed by atoms with Crippen molar-refractivity contribution in [3.63, 3.8) is 0 Å². The number of carbonyl (C=O) groups excluding carboxylic acids is 2. The number of nitrogens with zero attached hydrogens (tertiary/aromatic N) is 1. The third kappa shape index (κ3) is 8.90. The molecule has 0 saturated heterocycles. The lowest BCUT2D eigenvalue weighted by molar-refractivity contribution is -0.204. The van der Waals surface area contributed by atoms with Crippen LogP contribution >= 0.6 is 23.2 Å². The zero-order valence-corrected chi connectivity index (χ0v) is 25.6. The molecule has 0 radical (unpaired) electrons. The maximum absolute atomic E-state index is 14.5. The number of hydrogen-bond donors (Lipinski definition) is 2. The Hall–Kier alpha value is -2.73. The lowest BCUT2D eigenvalue weighted by Crippen LogP contribution is -2.67. The third-order valence-corrected chi connectivity index (χ3v) is 8.16. The summed E-state index contributed by atoms with van der Waals surface area (Å²) >= 11 is 13.2. The summed E-state index contributed by atoms with van der Waals surface area (Å²) in [4.78, 5) is 22.2. The number of esters is 2. The second kappa shape index (κ2) is 15.3. The summed E-state index contributed by atoms with van der Waals surface area (Å²) in [5, 5.41) is 13.2. The summed E-state index contributed by atoms with van der Waals surface area (Å²) in [6.45, 7) is 2.46. The second-order valence-corrected chi connectivity index (χ2v) is 11.7. The van der Waals surface area contributed by atoms with Crippen molar-refractivity contribution in [2.75, 3.05) is 33.4 Å². The van der Waals surface area contributed by atoms with E-state index >= 15 is 0 Å². The fourth-order valence-electron chi connectivity index (χ4n) is 5.08. The smallest absolute Gasteiger partial charge is 0.411 e. The average molecular weight is 650 g/mol. The molecule has 2 aliphatic rings. The van der Waals surface area contributed by atoms with Gasteiger partial charge in [-0.15, -0.1) is 11.6 Å². The number of aliphatic hydroxyl groups excluding tert-OH is 1. The molecule has 1 heterocycles. The number of halogens is 5. The lowest BCUT2D eigenvalue weighted by Gasteiger charge is -2.52. The number of aliphatic hydroxyl groups is 1. The van der Waals surface area contributed by atoms with E-state index in [1.165, 1.54) is 19.1 Å². The summed E-state index contributed by atoms with van der Waals surface area (Å²) in [5.74, 6) is -1.54. The van der Waals surface area contributed by atoms with Gasteiger partial charge in [0.2, 0.25) is 0 Å². The topological polar surface area (TPSA) is 97.3 Å². The molecule has 4 atom stereocenters. The van der Waals surface area contributed by atoms with Crippen LogP contribution < -0.4 is 10.1 Å². The van der Waals surface area contributed by atoms with Crippen LogP contribution in [0.2, 0.25) is 0 Å². The minimum atomic E-state index is -5.00. The van der Waals surface area contributed by atoms with Gasteiger partial charge in [0.25, 0.3) is 0 Å². The van der Waals surface area contributed by atoms with Crippen LogP contribution in [0.4, 0.5) is 13.2 Å². The maximum Gasteiger partial charge on any atom is 0.411 e. The Labute approximate surface area is 259 Å². The molecule has 0 aromatic heterocycles. The molecule has 8 nitrogen and oxygen atoms in total. The zero-order valence-electron chi connectivity index (χ0n) is 24.0. The highest BCUT2D eigenvalue weighted by Crippen LogP contribution is 2.51. The lowest BCUT2D eigenvalue weighted by atomic mass is 9.82. The van der Waals surface area contributed by atoms with E-state index < -0.39 is 46.6 Å². The van der Waals surface area contributed by atoms with Crippen molar-refractivity contribution in [3.8, 4) is 5.75 Å². The number of nitrogens with one attached hydrogen (secondary N) is 1. The summed E-state index contributed by atoms with van der Waals surface area (Å²) in [6.07, 6.45) is 1.51. The van der Waals surface area contributed by atoms with E-state index in [0.717, 1.165) is 18.4 Å². The molecule has 0 amide bonds. The van der Waals surface area contributed by atoms with Gasteiger partial charge in [0, 0.05) is 25.1 Å². The first-order valence-electron chi connectivity index (χ1n) is 13.9. The molecular formula is C30H37Cl2F3N2O6. The first-order valence-corrected chi connectivity index (χ1v) is 14.7. The van der Waals surface area contributed by atoms with Gasteiger partial charge < -0.3 is 29.5 Å². The van der Waals surface area contributed by atoms with Crippen LogP contribution in [0, 0.1) is 0 Å². The van der Waals surface area contributed by atoms with E-state index in [0.29, 0.717) is 31.7 Å². The quantitative estimate of drug-likeness (QED) is 0.122. The van der Waals surface area contributed by atoms with Crippen molar-refractivity contribution in [1.29, 1.82) is 0 Å². The van der Waals surface area contributed by atoms with E-state index in [9.17, 15) is 27.9 Å². The number of ether oxygens (including phenoxy) is 3. The second-order valence-electron chi connectivity index (χ2n) is 10.4. The minimum absolute atomic E-state index is 0.00796. The predicted octanol–water partition coefficient (Wildman–Crippen LogP) is 5.24. The number of rotatable bonds is 14. The normalized spacial score (nSPS) is 24.6. The molecule has 2 N–H and O–H groups in total. The van der Waals surface area contributed by atoms with Gasteiger partial charge in [-0.1, -0.05) is 48.0 Å². The Morgan fingerprint density at radius 3 is 2.51 bits per heavy atom. The Morgan fingerprint density at radius 1 is 1.16 bits per heavy atom. The number of hydrogen-bond acceptors (Lipinski definition) is 8. The zero-order chi connectivity index (χ0) is 31.7. The Bertz CT molecular complexity index is 1200. The van der Waals surface area contributed by atoms with Gasteiger partial charge in [0.05, 0.1) is 19.3 Å². The van der Waals surface area contributed by atoms with Crippen molar-refractivity contribution in [1.82, 2.24) is 10.2 Å². The van der Waals surface area contributed by atoms with E-state index in [4.69, 9.17) is 32.7 Å². The molecule has 1 aliphatic carbocycles. The number of allylic oxidation sites excluding steroid dienone is 3. The highest BCUT2D eigenvalue weighted by atomic mass is 35.5. The molecule has 238 valence electrons. The first kappa shape index (κ1) is 34.8. The third-order valence-electron chi connectivity index (χ3n) is 7.20. The Morgan fingerprint density at radius 2 is 1.88 bits per heavy atom. The molecular weight excluding hydrogens is 612 g/mol. The maximum atomic E-state index is 14.5. The highest BCUT2D eigenvalue weighted by Gasteiger charge is 2.66. The summed E-state index contributed by atoms with van der Waals surface area (Å²) in [5.41, 5.74) is -0.265.